The Labute approximate surface area is 145 Å². The molecule has 3 rings (SSSR count). The van der Waals surface area contributed by atoms with Crippen LogP contribution >= 0.6 is 11.6 Å². The number of ether oxygens (including phenoxy) is 2. The van der Waals surface area contributed by atoms with Crippen LogP contribution < -0.4 is 10.1 Å². The summed E-state index contributed by atoms with van der Waals surface area (Å²) in [5.41, 5.74) is 1.49. The van der Waals surface area contributed by atoms with Gasteiger partial charge in [0.25, 0.3) is 5.91 Å². The minimum Gasteiger partial charge on any atom is -0.491 e. The van der Waals surface area contributed by atoms with Gasteiger partial charge < -0.3 is 14.8 Å². The quantitative estimate of drug-likeness (QED) is 0.899. The molecule has 6 nitrogen and oxygen atoms in total. The van der Waals surface area contributed by atoms with Crippen LogP contribution in [0.1, 0.15) is 22.6 Å². The van der Waals surface area contributed by atoms with E-state index in [4.69, 9.17) is 21.1 Å². The summed E-state index contributed by atoms with van der Waals surface area (Å²) in [5.74, 6) is 0.575. The highest BCUT2D eigenvalue weighted by molar-refractivity contribution is 6.31. The van der Waals surface area contributed by atoms with Gasteiger partial charge in [-0.1, -0.05) is 11.6 Å². The van der Waals surface area contributed by atoms with E-state index >= 15 is 0 Å². The van der Waals surface area contributed by atoms with E-state index in [1.807, 2.05) is 6.92 Å². The molecule has 1 aromatic heterocycles. The Hall–Kier alpha value is -2.18. The SMILES string of the molecule is Cc1cnc(C(=O)Nc2cc(Cl)ccc2OCC2CCOC2)cn1. The zero-order chi connectivity index (χ0) is 16.9. The summed E-state index contributed by atoms with van der Waals surface area (Å²) in [5, 5.41) is 3.29. The molecule has 1 unspecified atom stereocenters. The molecule has 2 heterocycles. The van der Waals surface area contributed by atoms with Crippen LogP contribution in [0.15, 0.2) is 30.6 Å². The first-order valence-corrected chi connectivity index (χ1v) is 8.09. The number of halogens is 1. The Kier molecular flexibility index (Phi) is 5.27. The monoisotopic (exact) mass is 347 g/mol. The Morgan fingerprint density at radius 2 is 2.29 bits per heavy atom. The first-order chi connectivity index (χ1) is 11.6. The van der Waals surface area contributed by atoms with Gasteiger partial charge in [0, 0.05) is 23.7 Å². The molecule has 126 valence electrons. The molecule has 1 aliphatic rings. The molecular weight excluding hydrogens is 330 g/mol. The fourth-order valence-electron chi connectivity index (χ4n) is 2.34. The molecule has 1 saturated heterocycles. The smallest absolute Gasteiger partial charge is 0.275 e. The Morgan fingerprint density at radius 3 is 3.00 bits per heavy atom. The van der Waals surface area contributed by atoms with Gasteiger partial charge in [0.05, 0.1) is 30.8 Å². The summed E-state index contributed by atoms with van der Waals surface area (Å²) in [4.78, 5) is 20.5. The van der Waals surface area contributed by atoms with Crippen LogP contribution in [0.2, 0.25) is 5.02 Å². The molecule has 0 radical (unpaired) electrons. The maximum absolute atomic E-state index is 12.3. The molecule has 1 N–H and O–H groups in total. The highest BCUT2D eigenvalue weighted by atomic mass is 35.5. The van der Waals surface area contributed by atoms with Crippen molar-refractivity contribution >= 4 is 23.2 Å². The Morgan fingerprint density at radius 1 is 1.42 bits per heavy atom. The number of aryl methyl sites for hydroxylation is 1. The largest absolute Gasteiger partial charge is 0.491 e. The number of nitrogens with zero attached hydrogens (tertiary/aromatic N) is 2. The topological polar surface area (TPSA) is 73.3 Å². The molecular formula is C17H18ClN3O3. The highest BCUT2D eigenvalue weighted by Gasteiger charge is 2.18. The second-order valence-electron chi connectivity index (χ2n) is 5.68. The summed E-state index contributed by atoms with van der Waals surface area (Å²) >= 11 is 6.04. The lowest BCUT2D eigenvalue weighted by Gasteiger charge is -2.15. The molecule has 7 heteroatoms. The Bertz CT molecular complexity index is 716. The van der Waals surface area contributed by atoms with Gasteiger partial charge in [-0.3, -0.25) is 9.78 Å². The van der Waals surface area contributed by atoms with Crippen LogP contribution in [-0.4, -0.2) is 35.7 Å². The predicted molar refractivity (Wildman–Crippen MR) is 90.6 cm³/mol. The van der Waals surface area contributed by atoms with Crippen molar-refractivity contribution in [3.05, 3.63) is 47.0 Å². The number of aromatic nitrogens is 2. The van der Waals surface area contributed by atoms with Gasteiger partial charge in [-0.25, -0.2) is 4.98 Å². The third kappa shape index (κ3) is 4.21. The van der Waals surface area contributed by atoms with Crippen molar-refractivity contribution in [1.29, 1.82) is 0 Å². The maximum Gasteiger partial charge on any atom is 0.275 e. The van der Waals surface area contributed by atoms with E-state index in [9.17, 15) is 4.79 Å². The number of rotatable bonds is 5. The van der Waals surface area contributed by atoms with Crippen LogP contribution in [0.3, 0.4) is 0 Å². The lowest BCUT2D eigenvalue weighted by Crippen LogP contribution is -2.16. The fourth-order valence-corrected chi connectivity index (χ4v) is 2.52. The second-order valence-corrected chi connectivity index (χ2v) is 6.11. The molecule has 1 atom stereocenters. The van der Waals surface area contributed by atoms with Crippen LogP contribution in [0.25, 0.3) is 0 Å². The average Bonchev–Trinajstić information content (AvgIpc) is 3.08. The summed E-state index contributed by atoms with van der Waals surface area (Å²) in [6.07, 6.45) is 3.96. The molecule has 0 bridgehead atoms. The van der Waals surface area contributed by atoms with E-state index in [1.165, 1.54) is 6.20 Å². The number of amides is 1. The van der Waals surface area contributed by atoms with E-state index in [1.54, 1.807) is 24.4 Å². The normalized spacial score (nSPS) is 16.8. The number of hydrogen-bond acceptors (Lipinski definition) is 5. The number of benzene rings is 1. The van der Waals surface area contributed by atoms with Gasteiger partial charge in [-0.15, -0.1) is 0 Å². The molecule has 1 aromatic carbocycles. The van der Waals surface area contributed by atoms with Gasteiger partial charge in [-0.2, -0.15) is 0 Å². The van der Waals surface area contributed by atoms with Crippen molar-refractivity contribution in [2.75, 3.05) is 25.1 Å². The van der Waals surface area contributed by atoms with Crippen molar-refractivity contribution in [3.8, 4) is 5.75 Å². The number of carbonyl (C=O) groups is 1. The van der Waals surface area contributed by atoms with Gasteiger partial charge in [0.1, 0.15) is 11.4 Å². The number of nitrogens with one attached hydrogen (secondary N) is 1. The molecule has 24 heavy (non-hydrogen) atoms. The van der Waals surface area contributed by atoms with Gasteiger partial charge in [-0.05, 0) is 31.5 Å². The van der Waals surface area contributed by atoms with E-state index in [-0.39, 0.29) is 11.6 Å². The molecule has 0 saturated carbocycles. The van der Waals surface area contributed by atoms with Crippen LogP contribution in [0, 0.1) is 12.8 Å². The summed E-state index contributed by atoms with van der Waals surface area (Å²) in [6, 6.07) is 5.12. The standard InChI is InChI=1S/C17H18ClN3O3/c1-11-7-20-15(8-19-11)17(22)21-14-6-13(18)2-3-16(14)24-10-12-4-5-23-9-12/h2-3,6-8,12H,4-5,9-10H2,1H3,(H,21,22). The van der Waals surface area contributed by atoms with Crippen LogP contribution in [0.5, 0.6) is 5.75 Å². The lowest BCUT2D eigenvalue weighted by atomic mass is 10.1. The highest BCUT2D eigenvalue weighted by Crippen LogP contribution is 2.29. The third-order valence-corrected chi connectivity index (χ3v) is 3.94. The van der Waals surface area contributed by atoms with Crippen molar-refractivity contribution in [1.82, 2.24) is 9.97 Å². The maximum atomic E-state index is 12.3. The molecule has 1 fully saturated rings. The van der Waals surface area contributed by atoms with E-state index in [0.29, 0.717) is 35.6 Å². The average molecular weight is 348 g/mol. The van der Waals surface area contributed by atoms with Crippen molar-refractivity contribution in [2.45, 2.75) is 13.3 Å². The van der Waals surface area contributed by atoms with E-state index in [0.717, 1.165) is 18.7 Å². The third-order valence-electron chi connectivity index (χ3n) is 3.70. The van der Waals surface area contributed by atoms with Crippen molar-refractivity contribution in [2.24, 2.45) is 5.92 Å². The van der Waals surface area contributed by atoms with Gasteiger partial charge in [0.15, 0.2) is 0 Å². The number of anilines is 1. The zero-order valence-electron chi connectivity index (χ0n) is 13.3. The van der Waals surface area contributed by atoms with Gasteiger partial charge >= 0.3 is 0 Å². The van der Waals surface area contributed by atoms with E-state index in [2.05, 4.69) is 15.3 Å². The summed E-state index contributed by atoms with van der Waals surface area (Å²) in [7, 11) is 0. The zero-order valence-corrected chi connectivity index (χ0v) is 14.0. The van der Waals surface area contributed by atoms with E-state index < -0.39 is 0 Å². The second kappa shape index (κ2) is 7.59. The first kappa shape index (κ1) is 16.7. The van der Waals surface area contributed by atoms with Gasteiger partial charge in [0.2, 0.25) is 0 Å². The summed E-state index contributed by atoms with van der Waals surface area (Å²) in [6.45, 7) is 3.82. The first-order valence-electron chi connectivity index (χ1n) is 7.72. The molecule has 0 spiro atoms. The number of carbonyl (C=O) groups excluding carboxylic acids is 1. The molecule has 1 amide bonds. The molecule has 2 aromatic rings. The van der Waals surface area contributed by atoms with Crippen LogP contribution in [0.4, 0.5) is 5.69 Å². The molecule has 0 aliphatic carbocycles. The van der Waals surface area contributed by atoms with Crippen molar-refractivity contribution < 1.29 is 14.3 Å². The summed E-state index contributed by atoms with van der Waals surface area (Å²) < 4.78 is 11.2. The van der Waals surface area contributed by atoms with Crippen molar-refractivity contribution in [3.63, 3.8) is 0 Å². The fraction of sp³-hybridized carbons (Fsp3) is 0.353. The predicted octanol–water partition coefficient (Wildman–Crippen LogP) is 3.11. The van der Waals surface area contributed by atoms with Crippen LogP contribution in [-0.2, 0) is 4.74 Å². The minimum atomic E-state index is -0.362. The number of hydrogen-bond donors (Lipinski definition) is 1. The molecule has 1 aliphatic heterocycles. The lowest BCUT2D eigenvalue weighted by molar-refractivity contribution is 0.102. The Balaban J connectivity index is 1.72. The minimum absolute atomic E-state index is 0.232.